The molecule has 2 rings (SSSR count). The molecular formula is C18H20N2O5S. The third kappa shape index (κ3) is 5.06. The Kier molecular flexibility index (Phi) is 5.99. The van der Waals surface area contributed by atoms with Crippen LogP contribution < -0.4 is 14.4 Å². The molecule has 8 heteroatoms. The summed E-state index contributed by atoms with van der Waals surface area (Å²) in [6, 6.07) is 12.8. The lowest BCUT2D eigenvalue weighted by molar-refractivity contribution is -0.114. The molecule has 1 N–H and O–H groups in total. The highest BCUT2D eigenvalue weighted by Gasteiger charge is 2.21. The van der Waals surface area contributed by atoms with Crippen molar-refractivity contribution >= 4 is 33.1 Å². The van der Waals surface area contributed by atoms with Crippen molar-refractivity contribution in [2.45, 2.75) is 6.92 Å². The number of anilines is 2. The fourth-order valence-corrected chi connectivity index (χ4v) is 3.13. The number of amides is 1. The molecule has 0 saturated carbocycles. The molecule has 7 nitrogen and oxygen atoms in total. The van der Waals surface area contributed by atoms with Crippen LogP contribution in [0.15, 0.2) is 48.5 Å². The van der Waals surface area contributed by atoms with Gasteiger partial charge >= 0.3 is 0 Å². The Labute approximate surface area is 152 Å². The Hall–Kier alpha value is -2.87. The summed E-state index contributed by atoms with van der Waals surface area (Å²) in [5, 5.41) is 2.64. The topological polar surface area (TPSA) is 92.8 Å². The smallest absolute Gasteiger partial charge is 0.245 e. The van der Waals surface area contributed by atoms with Crippen LogP contribution in [0.4, 0.5) is 11.4 Å². The maximum atomic E-state index is 12.3. The summed E-state index contributed by atoms with van der Waals surface area (Å²) >= 11 is 0. The average molecular weight is 376 g/mol. The number of carbonyl (C=O) groups is 2. The third-order valence-corrected chi connectivity index (χ3v) is 4.74. The molecule has 138 valence electrons. The molecule has 2 aromatic rings. The van der Waals surface area contributed by atoms with E-state index in [0.29, 0.717) is 17.0 Å². The summed E-state index contributed by atoms with van der Waals surface area (Å²) in [7, 11) is -2.18. The summed E-state index contributed by atoms with van der Waals surface area (Å²) < 4.78 is 30.3. The number of benzene rings is 2. The number of ketones is 1. The van der Waals surface area contributed by atoms with Gasteiger partial charge in [0.1, 0.15) is 12.3 Å². The van der Waals surface area contributed by atoms with Gasteiger partial charge in [-0.25, -0.2) is 8.42 Å². The predicted octanol–water partition coefficient (Wildman–Crippen LogP) is 2.30. The van der Waals surface area contributed by atoms with Gasteiger partial charge in [-0.1, -0.05) is 12.1 Å². The van der Waals surface area contributed by atoms with Gasteiger partial charge in [-0.2, -0.15) is 0 Å². The minimum Gasteiger partial charge on any atom is -0.497 e. The standard InChI is InChI=1S/C18H20N2O5S/c1-13(21)14-5-4-6-16(11-14)20(26(3,23)24)12-18(22)19-15-7-9-17(25-2)10-8-15/h4-11H,12H2,1-3H3,(H,19,22). The quantitative estimate of drug-likeness (QED) is 0.749. The normalized spacial score (nSPS) is 10.9. The average Bonchev–Trinajstić information content (AvgIpc) is 2.59. The maximum Gasteiger partial charge on any atom is 0.245 e. The molecule has 1 amide bonds. The van der Waals surface area contributed by atoms with Gasteiger partial charge in [0, 0.05) is 11.3 Å². The second-order valence-corrected chi connectivity index (χ2v) is 7.56. The van der Waals surface area contributed by atoms with Crippen molar-refractivity contribution < 1.29 is 22.7 Å². The van der Waals surface area contributed by atoms with E-state index in [-0.39, 0.29) is 11.5 Å². The van der Waals surface area contributed by atoms with Crippen molar-refractivity contribution in [3.05, 3.63) is 54.1 Å². The van der Waals surface area contributed by atoms with E-state index >= 15 is 0 Å². The van der Waals surface area contributed by atoms with Gasteiger partial charge in [0.05, 0.1) is 19.1 Å². The van der Waals surface area contributed by atoms with Gasteiger partial charge in [-0.15, -0.1) is 0 Å². The van der Waals surface area contributed by atoms with E-state index in [4.69, 9.17) is 4.74 Å². The first-order valence-electron chi connectivity index (χ1n) is 7.73. The molecule has 0 aliphatic rings. The first-order chi connectivity index (χ1) is 12.2. The van der Waals surface area contributed by atoms with Gasteiger partial charge < -0.3 is 10.1 Å². The molecule has 0 radical (unpaired) electrons. The number of carbonyl (C=O) groups excluding carboxylic acids is 2. The van der Waals surface area contributed by atoms with Gasteiger partial charge in [0.15, 0.2) is 5.78 Å². The van der Waals surface area contributed by atoms with Crippen LogP contribution in [0.1, 0.15) is 17.3 Å². The van der Waals surface area contributed by atoms with Crippen molar-refractivity contribution in [3.63, 3.8) is 0 Å². The van der Waals surface area contributed by atoms with E-state index in [0.717, 1.165) is 10.6 Å². The van der Waals surface area contributed by atoms with Crippen molar-refractivity contribution in [2.75, 3.05) is 29.5 Å². The number of ether oxygens (including phenoxy) is 1. The number of hydrogen-bond donors (Lipinski definition) is 1. The minimum atomic E-state index is -3.72. The van der Waals surface area contributed by atoms with Gasteiger partial charge in [0.2, 0.25) is 15.9 Å². The number of nitrogens with zero attached hydrogens (tertiary/aromatic N) is 1. The van der Waals surface area contributed by atoms with Crippen molar-refractivity contribution in [3.8, 4) is 5.75 Å². The highest BCUT2D eigenvalue weighted by molar-refractivity contribution is 7.92. The second kappa shape index (κ2) is 8.01. The number of methoxy groups -OCH3 is 1. The van der Waals surface area contributed by atoms with E-state index in [1.54, 1.807) is 36.4 Å². The molecule has 0 aromatic heterocycles. The number of sulfonamides is 1. The molecule has 0 spiro atoms. The van der Waals surface area contributed by atoms with Crippen LogP contribution in [0, 0.1) is 0 Å². The highest BCUT2D eigenvalue weighted by Crippen LogP contribution is 2.20. The number of nitrogens with one attached hydrogen (secondary N) is 1. The Morgan fingerprint density at radius 2 is 1.77 bits per heavy atom. The third-order valence-electron chi connectivity index (χ3n) is 3.60. The molecule has 0 saturated heterocycles. The van der Waals surface area contributed by atoms with E-state index < -0.39 is 22.5 Å². The molecule has 2 aromatic carbocycles. The van der Waals surface area contributed by atoms with Crippen LogP contribution in [-0.4, -0.2) is 40.0 Å². The van der Waals surface area contributed by atoms with Gasteiger partial charge in [-0.3, -0.25) is 13.9 Å². The van der Waals surface area contributed by atoms with E-state index in [2.05, 4.69) is 5.32 Å². The molecular weight excluding hydrogens is 356 g/mol. The van der Waals surface area contributed by atoms with E-state index in [1.807, 2.05) is 0 Å². The molecule has 0 aliphatic carbocycles. The lowest BCUT2D eigenvalue weighted by Gasteiger charge is -2.22. The molecule has 0 bridgehead atoms. The zero-order valence-corrected chi connectivity index (χ0v) is 15.5. The van der Waals surface area contributed by atoms with Gasteiger partial charge in [-0.05, 0) is 43.3 Å². The lowest BCUT2D eigenvalue weighted by atomic mass is 10.1. The van der Waals surface area contributed by atoms with Crippen LogP contribution in [0.2, 0.25) is 0 Å². The molecule has 0 aliphatic heterocycles. The second-order valence-electron chi connectivity index (χ2n) is 5.65. The highest BCUT2D eigenvalue weighted by atomic mass is 32.2. The summed E-state index contributed by atoms with van der Waals surface area (Å²) in [6.45, 7) is 0.979. The van der Waals surface area contributed by atoms with Gasteiger partial charge in [0.25, 0.3) is 0 Å². The Morgan fingerprint density at radius 1 is 1.12 bits per heavy atom. The van der Waals surface area contributed by atoms with E-state index in [9.17, 15) is 18.0 Å². The number of rotatable bonds is 7. The fourth-order valence-electron chi connectivity index (χ4n) is 2.29. The zero-order valence-electron chi connectivity index (χ0n) is 14.7. The van der Waals surface area contributed by atoms with Crippen LogP contribution in [-0.2, 0) is 14.8 Å². The van der Waals surface area contributed by atoms with E-state index in [1.165, 1.54) is 26.2 Å². The molecule has 0 unspecified atom stereocenters. The first-order valence-corrected chi connectivity index (χ1v) is 9.58. The van der Waals surface area contributed by atoms with Crippen LogP contribution >= 0.6 is 0 Å². The lowest BCUT2D eigenvalue weighted by Crippen LogP contribution is -2.37. The SMILES string of the molecule is COc1ccc(NC(=O)CN(c2cccc(C(C)=O)c2)S(C)(=O)=O)cc1. The first kappa shape index (κ1) is 19.5. The molecule has 0 fully saturated rings. The number of Topliss-reactive ketones (excluding diaryl/α,β-unsaturated/α-hetero) is 1. The number of hydrogen-bond acceptors (Lipinski definition) is 5. The Bertz CT molecular complexity index is 907. The maximum absolute atomic E-state index is 12.3. The predicted molar refractivity (Wildman–Crippen MR) is 100 cm³/mol. The monoisotopic (exact) mass is 376 g/mol. The van der Waals surface area contributed by atoms with Crippen molar-refractivity contribution in [1.29, 1.82) is 0 Å². The Balaban J connectivity index is 2.21. The summed E-state index contributed by atoms with van der Waals surface area (Å²) in [5.74, 6) is -0.0568. The largest absolute Gasteiger partial charge is 0.497 e. The summed E-state index contributed by atoms with van der Waals surface area (Å²) in [4.78, 5) is 23.8. The zero-order chi connectivity index (χ0) is 19.3. The summed E-state index contributed by atoms with van der Waals surface area (Å²) in [5.41, 5.74) is 1.14. The van der Waals surface area contributed by atoms with Crippen molar-refractivity contribution in [1.82, 2.24) is 0 Å². The molecule has 26 heavy (non-hydrogen) atoms. The van der Waals surface area contributed by atoms with Crippen molar-refractivity contribution in [2.24, 2.45) is 0 Å². The van der Waals surface area contributed by atoms with Crippen LogP contribution in [0.25, 0.3) is 0 Å². The molecule has 0 atom stereocenters. The van der Waals surface area contributed by atoms with Crippen LogP contribution in [0.5, 0.6) is 5.75 Å². The minimum absolute atomic E-state index is 0.192. The van der Waals surface area contributed by atoms with Crippen LogP contribution in [0.3, 0.4) is 0 Å². The summed E-state index contributed by atoms with van der Waals surface area (Å²) in [6.07, 6.45) is 1.01. The molecule has 0 heterocycles. The Morgan fingerprint density at radius 3 is 2.31 bits per heavy atom. The fraction of sp³-hybridized carbons (Fsp3) is 0.222.